The molecule has 0 radical (unpaired) electrons. The Morgan fingerprint density at radius 2 is 2.29 bits per heavy atom. The molecule has 0 bridgehead atoms. The van der Waals surface area contributed by atoms with Gasteiger partial charge in [0, 0.05) is 24.3 Å². The van der Waals surface area contributed by atoms with Crippen LogP contribution in [0.1, 0.15) is 5.56 Å². The number of anilines is 1. The van der Waals surface area contributed by atoms with Crippen molar-refractivity contribution in [2.75, 3.05) is 24.5 Å². The van der Waals surface area contributed by atoms with E-state index in [0.717, 1.165) is 0 Å². The van der Waals surface area contributed by atoms with Crippen molar-refractivity contribution in [2.24, 2.45) is 5.73 Å². The molecule has 0 unspecified atom stereocenters. The van der Waals surface area contributed by atoms with Gasteiger partial charge < -0.3 is 16.0 Å². The fourth-order valence-electron chi connectivity index (χ4n) is 1.76. The normalized spacial score (nSPS) is 15.6. The zero-order valence-corrected chi connectivity index (χ0v) is 9.89. The highest BCUT2D eigenvalue weighted by Crippen LogP contribution is 2.19. The molecule has 4 nitrogen and oxygen atoms in total. The number of nitrogens with two attached hydrogens (primary N) is 1. The maximum Gasteiger partial charge on any atom is 0.239 e. The molecule has 1 fully saturated rings. The highest BCUT2D eigenvalue weighted by molar-refractivity contribution is 7.80. The van der Waals surface area contributed by atoms with E-state index in [0.29, 0.717) is 18.8 Å². The minimum absolute atomic E-state index is 0.0328. The Morgan fingerprint density at radius 3 is 2.88 bits per heavy atom. The van der Waals surface area contributed by atoms with Gasteiger partial charge in [-0.2, -0.15) is 0 Å². The van der Waals surface area contributed by atoms with Crippen LogP contribution < -0.4 is 16.0 Å². The van der Waals surface area contributed by atoms with Crippen LogP contribution in [0.15, 0.2) is 18.2 Å². The van der Waals surface area contributed by atoms with Gasteiger partial charge in [0.2, 0.25) is 5.91 Å². The fourth-order valence-corrected chi connectivity index (χ4v) is 1.93. The van der Waals surface area contributed by atoms with E-state index < -0.39 is 5.82 Å². The van der Waals surface area contributed by atoms with Crippen molar-refractivity contribution in [3.63, 3.8) is 0 Å². The van der Waals surface area contributed by atoms with Crippen molar-refractivity contribution in [2.45, 2.75) is 0 Å². The first-order chi connectivity index (χ1) is 8.08. The largest absolute Gasteiger partial charge is 0.389 e. The number of halogens is 1. The van der Waals surface area contributed by atoms with E-state index in [1.807, 2.05) is 4.90 Å². The number of hydrogen-bond donors (Lipinski definition) is 2. The first-order valence-electron chi connectivity index (χ1n) is 5.19. The molecular formula is C11H12FN3OS. The summed E-state index contributed by atoms with van der Waals surface area (Å²) < 4.78 is 13.7. The summed E-state index contributed by atoms with van der Waals surface area (Å²) in [6, 6.07) is 4.61. The monoisotopic (exact) mass is 253 g/mol. The number of amides is 1. The Kier molecular flexibility index (Phi) is 3.23. The highest BCUT2D eigenvalue weighted by Gasteiger charge is 2.17. The molecule has 1 aliphatic heterocycles. The third-order valence-electron chi connectivity index (χ3n) is 2.62. The number of rotatable bonds is 2. The topological polar surface area (TPSA) is 58.4 Å². The van der Waals surface area contributed by atoms with Crippen molar-refractivity contribution < 1.29 is 9.18 Å². The van der Waals surface area contributed by atoms with Gasteiger partial charge in [-0.1, -0.05) is 12.2 Å². The van der Waals surface area contributed by atoms with Gasteiger partial charge in [-0.25, -0.2) is 4.39 Å². The van der Waals surface area contributed by atoms with Gasteiger partial charge >= 0.3 is 0 Å². The Bertz CT molecular complexity index is 478. The smallest absolute Gasteiger partial charge is 0.239 e. The SMILES string of the molecule is NC(=S)c1ccc(N2CCNC(=O)C2)cc1F. The third kappa shape index (κ3) is 2.52. The second-order valence-electron chi connectivity index (χ2n) is 3.80. The maximum absolute atomic E-state index is 13.7. The predicted molar refractivity (Wildman–Crippen MR) is 67.5 cm³/mol. The molecule has 1 aromatic carbocycles. The summed E-state index contributed by atoms with van der Waals surface area (Å²) in [5.74, 6) is -0.518. The maximum atomic E-state index is 13.7. The average Bonchev–Trinajstić information content (AvgIpc) is 2.28. The Labute approximate surface area is 104 Å². The molecule has 0 spiro atoms. The highest BCUT2D eigenvalue weighted by atomic mass is 32.1. The molecule has 1 amide bonds. The summed E-state index contributed by atoms with van der Waals surface area (Å²) in [6.45, 7) is 1.47. The number of hydrogen-bond acceptors (Lipinski definition) is 3. The van der Waals surface area contributed by atoms with Crippen molar-refractivity contribution in [3.8, 4) is 0 Å². The number of carbonyl (C=O) groups is 1. The standard InChI is InChI=1S/C11H12FN3OS/c12-9-5-7(1-2-8(9)11(13)17)15-4-3-14-10(16)6-15/h1-2,5H,3-4,6H2,(H2,13,17)(H,14,16). The van der Waals surface area contributed by atoms with Gasteiger partial charge in [-0.15, -0.1) is 0 Å². The summed E-state index contributed by atoms with van der Waals surface area (Å²) in [5, 5.41) is 2.71. The minimum Gasteiger partial charge on any atom is -0.389 e. The van der Waals surface area contributed by atoms with E-state index in [4.69, 9.17) is 18.0 Å². The van der Waals surface area contributed by atoms with Crippen LogP contribution in [0.25, 0.3) is 0 Å². The van der Waals surface area contributed by atoms with Crippen LogP contribution in [0, 0.1) is 5.82 Å². The lowest BCUT2D eigenvalue weighted by atomic mass is 10.1. The van der Waals surface area contributed by atoms with Crippen LogP contribution in [-0.4, -0.2) is 30.5 Å². The molecule has 0 aromatic heterocycles. The fraction of sp³-hybridized carbons (Fsp3) is 0.273. The molecule has 1 aliphatic rings. The van der Waals surface area contributed by atoms with E-state index >= 15 is 0 Å². The van der Waals surface area contributed by atoms with Crippen molar-refractivity contribution >= 4 is 28.8 Å². The summed E-state index contributed by atoms with van der Waals surface area (Å²) in [7, 11) is 0. The molecule has 0 saturated carbocycles. The molecule has 17 heavy (non-hydrogen) atoms. The lowest BCUT2D eigenvalue weighted by Crippen LogP contribution is -2.47. The Hall–Kier alpha value is -1.69. The quantitative estimate of drug-likeness (QED) is 0.749. The van der Waals surface area contributed by atoms with Crippen LogP contribution in [0.3, 0.4) is 0 Å². The van der Waals surface area contributed by atoms with Gasteiger partial charge in [-0.3, -0.25) is 4.79 Å². The second kappa shape index (κ2) is 4.67. The lowest BCUT2D eigenvalue weighted by molar-refractivity contribution is -0.120. The molecule has 3 N–H and O–H groups in total. The first kappa shape index (κ1) is 11.8. The number of thiocarbonyl (C=S) groups is 1. The van der Waals surface area contributed by atoms with Gasteiger partial charge in [0.25, 0.3) is 0 Å². The van der Waals surface area contributed by atoms with Gasteiger partial charge in [0.15, 0.2) is 0 Å². The van der Waals surface area contributed by atoms with Crippen LogP contribution in [0.5, 0.6) is 0 Å². The van der Waals surface area contributed by atoms with Gasteiger partial charge in [-0.05, 0) is 18.2 Å². The van der Waals surface area contributed by atoms with Crippen LogP contribution in [0.4, 0.5) is 10.1 Å². The Morgan fingerprint density at radius 1 is 1.53 bits per heavy atom. The molecule has 90 valence electrons. The molecule has 0 aliphatic carbocycles. The summed E-state index contributed by atoms with van der Waals surface area (Å²) >= 11 is 4.73. The number of nitrogens with one attached hydrogen (secondary N) is 1. The molecular weight excluding hydrogens is 241 g/mol. The molecule has 1 aromatic rings. The van der Waals surface area contributed by atoms with Crippen LogP contribution in [0.2, 0.25) is 0 Å². The molecule has 6 heteroatoms. The summed E-state index contributed by atoms with van der Waals surface area (Å²) in [4.78, 5) is 13.1. The van der Waals surface area contributed by atoms with E-state index in [-0.39, 0.29) is 23.0 Å². The third-order valence-corrected chi connectivity index (χ3v) is 2.84. The van der Waals surface area contributed by atoms with Crippen molar-refractivity contribution in [1.82, 2.24) is 5.32 Å². The molecule has 2 rings (SSSR count). The van der Waals surface area contributed by atoms with E-state index in [1.54, 1.807) is 12.1 Å². The second-order valence-corrected chi connectivity index (χ2v) is 4.24. The average molecular weight is 253 g/mol. The number of benzene rings is 1. The number of nitrogens with zero attached hydrogens (tertiary/aromatic N) is 1. The van der Waals surface area contributed by atoms with Crippen LogP contribution in [-0.2, 0) is 4.79 Å². The van der Waals surface area contributed by atoms with E-state index in [2.05, 4.69) is 5.32 Å². The minimum atomic E-state index is -0.457. The van der Waals surface area contributed by atoms with Gasteiger partial charge in [0.1, 0.15) is 10.8 Å². The van der Waals surface area contributed by atoms with Crippen LogP contribution >= 0.6 is 12.2 Å². The van der Waals surface area contributed by atoms with Crippen molar-refractivity contribution in [3.05, 3.63) is 29.6 Å². The first-order valence-corrected chi connectivity index (χ1v) is 5.60. The lowest BCUT2D eigenvalue weighted by Gasteiger charge is -2.28. The number of piperazine rings is 1. The Balaban J connectivity index is 2.25. The molecule has 0 atom stereocenters. The zero-order valence-electron chi connectivity index (χ0n) is 9.07. The summed E-state index contributed by atoms with van der Waals surface area (Å²) in [5.41, 5.74) is 6.27. The van der Waals surface area contributed by atoms with Gasteiger partial charge in [0.05, 0.1) is 6.54 Å². The molecule has 1 saturated heterocycles. The predicted octanol–water partition coefficient (Wildman–Crippen LogP) is 0.396. The van der Waals surface area contributed by atoms with E-state index in [9.17, 15) is 9.18 Å². The summed E-state index contributed by atoms with van der Waals surface area (Å²) in [6.07, 6.45) is 0. The van der Waals surface area contributed by atoms with E-state index in [1.165, 1.54) is 6.07 Å². The zero-order chi connectivity index (χ0) is 12.4. The number of carbonyl (C=O) groups excluding carboxylic acids is 1. The molecule has 1 heterocycles. The van der Waals surface area contributed by atoms with Crippen molar-refractivity contribution in [1.29, 1.82) is 0 Å².